The Labute approximate surface area is 183 Å². The maximum Gasteiger partial charge on any atom is 0.416 e. The van der Waals surface area contributed by atoms with Crippen LogP contribution < -0.4 is 4.87 Å². The van der Waals surface area contributed by atoms with Crippen molar-refractivity contribution < 1.29 is 18.0 Å². The lowest BCUT2D eigenvalue weighted by Crippen LogP contribution is -2.19. The summed E-state index contributed by atoms with van der Waals surface area (Å²) in [5, 5.41) is 0.468. The molecule has 0 fully saturated rings. The van der Waals surface area contributed by atoms with Gasteiger partial charge in [-0.05, 0) is 59.2 Å². The van der Waals surface area contributed by atoms with Crippen LogP contribution >= 0.6 is 22.9 Å². The van der Waals surface area contributed by atoms with Gasteiger partial charge in [0.25, 0.3) is 5.91 Å². The number of benzene rings is 3. The molecule has 1 aromatic heterocycles. The zero-order valence-corrected chi connectivity index (χ0v) is 17.3. The van der Waals surface area contributed by atoms with Crippen LogP contribution in [0.4, 0.5) is 13.2 Å². The fourth-order valence-electron chi connectivity index (χ4n) is 3.14. The van der Waals surface area contributed by atoms with Crippen LogP contribution in [-0.4, -0.2) is 10.5 Å². The molecule has 0 spiro atoms. The molecule has 0 aliphatic carbocycles. The van der Waals surface area contributed by atoms with Gasteiger partial charge in [-0.15, -0.1) is 0 Å². The highest BCUT2D eigenvalue weighted by atomic mass is 35.5. The average molecular weight is 460 g/mol. The van der Waals surface area contributed by atoms with Gasteiger partial charge in [-0.25, -0.2) is 4.57 Å². The number of allylic oxidation sites excluding steroid dienone is 1. The van der Waals surface area contributed by atoms with Crippen molar-refractivity contribution in [2.45, 2.75) is 6.18 Å². The predicted octanol–water partition coefficient (Wildman–Crippen LogP) is 6.76. The molecule has 8 heteroatoms. The standard InChI is InChI=1S/C23H13ClF3NO2S/c24-18-8-9-19-20(13-18)31-22(30)28(19)21(29)10-7-14-3-1-4-15(11-14)16-5-2-6-17(12-16)23(25,26)27/h1-13H. The summed E-state index contributed by atoms with van der Waals surface area (Å²) in [7, 11) is 0. The van der Waals surface area contributed by atoms with Gasteiger partial charge in [0.05, 0.1) is 15.8 Å². The van der Waals surface area contributed by atoms with Crippen LogP contribution in [0, 0.1) is 0 Å². The first kappa shape index (κ1) is 21.1. The molecule has 4 rings (SSSR count). The number of hydrogen-bond donors (Lipinski definition) is 0. The van der Waals surface area contributed by atoms with E-state index >= 15 is 0 Å². The Morgan fingerprint density at radius 2 is 1.68 bits per heavy atom. The molecule has 1 heterocycles. The number of fused-ring (bicyclic) bond motifs is 1. The summed E-state index contributed by atoms with van der Waals surface area (Å²) in [6.45, 7) is 0. The fraction of sp³-hybridized carbons (Fsp3) is 0.0435. The van der Waals surface area contributed by atoms with Crippen molar-refractivity contribution in [2.75, 3.05) is 0 Å². The summed E-state index contributed by atoms with van der Waals surface area (Å²) < 4.78 is 40.6. The van der Waals surface area contributed by atoms with Gasteiger partial charge in [-0.3, -0.25) is 9.59 Å². The molecule has 0 bridgehead atoms. The minimum Gasteiger partial charge on any atom is -0.269 e. The topological polar surface area (TPSA) is 39.1 Å². The fourth-order valence-corrected chi connectivity index (χ4v) is 4.29. The number of carbonyl (C=O) groups excluding carboxylic acids is 1. The third-order valence-electron chi connectivity index (χ3n) is 4.59. The number of alkyl halides is 3. The van der Waals surface area contributed by atoms with Crippen LogP contribution in [-0.2, 0) is 6.18 Å². The number of carbonyl (C=O) groups is 1. The van der Waals surface area contributed by atoms with E-state index in [0.29, 0.717) is 31.9 Å². The molecule has 0 aliphatic heterocycles. The van der Waals surface area contributed by atoms with E-state index in [9.17, 15) is 22.8 Å². The van der Waals surface area contributed by atoms with Crippen molar-refractivity contribution >= 4 is 45.1 Å². The van der Waals surface area contributed by atoms with E-state index in [-0.39, 0.29) is 0 Å². The molecular formula is C23H13ClF3NO2S. The summed E-state index contributed by atoms with van der Waals surface area (Å²) >= 11 is 6.86. The van der Waals surface area contributed by atoms with Crippen LogP contribution in [0.2, 0.25) is 5.02 Å². The van der Waals surface area contributed by atoms with Crippen molar-refractivity contribution in [1.82, 2.24) is 4.57 Å². The van der Waals surface area contributed by atoms with E-state index in [1.165, 1.54) is 18.2 Å². The summed E-state index contributed by atoms with van der Waals surface area (Å²) in [5.74, 6) is -0.525. The molecule has 0 radical (unpaired) electrons. The summed E-state index contributed by atoms with van der Waals surface area (Å²) in [6.07, 6.45) is -1.65. The molecule has 156 valence electrons. The van der Waals surface area contributed by atoms with E-state index in [0.717, 1.165) is 28.0 Å². The van der Waals surface area contributed by atoms with Crippen LogP contribution in [0.5, 0.6) is 0 Å². The maximum absolute atomic E-state index is 13.0. The van der Waals surface area contributed by atoms with Crippen LogP contribution in [0.15, 0.2) is 77.6 Å². The molecular weight excluding hydrogens is 447 g/mol. The molecule has 3 nitrogen and oxygen atoms in total. The number of aromatic nitrogens is 1. The normalized spacial score (nSPS) is 12.0. The number of thiazole rings is 1. The van der Waals surface area contributed by atoms with Gasteiger partial charge >= 0.3 is 11.0 Å². The minimum atomic E-state index is -4.43. The monoisotopic (exact) mass is 459 g/mol. The minimum absolute atomic E-state index is 0.410. The Morgan fingerprint density at radius 1 is 0.968 bits per heavy atom. The molecule has 0 N–H and O–H groups in total. The van der Waals surface area contributed by atoms with E-state index in [1.807, 2.05) is 0 Å². The van der Waals surface area contributed by atoms with Gasteiger partial charge < -0.3 is 0 Å². The number of halogens is 4. The summed E-state index contributed by atoms with van der Waals surface area (Å²) in [6, 6.07) is 16.6. The van der Waals surface area contributed by atoms with Gasteiger partial charge in [0.1, 0.15) is 0 Å². The Balaban J connectivity index is 1.64. The number of hydrogen-bond acceptors (Lipinski definition) is 3. The van der Waals surface area contributed by atoms with Crippen molar-refractivity contribution in [2.24, 2.45) is 0 Å². The highest BCUT2D eigenvalue weighted by molar-refractivity contribution is 7.16. The third-order valence-corrected chi connectivity index (χ3v) is 5.73. The second kappa shape index (κ2) is 8.17. The van der Waals surface area contributed by atoms with Crippen molar-refractivity contribution in [1.29, 1.82) is 0 Å². The lowest BCUT2D eigenvalue weighted by molar-refractivity contribution is -0.137. The van der Waals surface area contributed by atoms with Gasteiger partial charge in [-0.1, -0.05) is 53.3 Å². The van der Waals surface area contributed by atoms with Crippen LogP contribution in [0.25, 0.3) is 27.4 Å². The molecule has 0 saturated carbocycles. The first-order valence-corrected chi connectivity index (χ1v) is 10.2. The van der Waals surface area contributed by atoms with E-state index < -0.39 is 22.5 Å². The SMILES string of the molecule is O=C(C=Cc1cccc(-c2cccc(C(F)(F)F)c2)c1)n1c(=O)sc2cc(Cl)ccc21. The average Bonchev–Trinajstić information content (AvgIpc) is 3.06. The van der Waals surface area contributed by atoms with Gasteiger partial charge in [0.15, 0.2) is 0 Å². The van der Waals surface area contributed by atoms with E-state index in [2.05, 4.69) is 0 Å². The van der Waals surface area contributed by atoms with Crippen LogP contribution in [0.1, 0.15) is 15.9 Å². The Kier molecular flexibility index (Phi) is 5.56. The Bertz CT molecular complexity index is 1390. The molecule has 0 saturated heterocycles. The Hall–Kier alpha value is -3.16. The molecule has 3 aromatic carbocycles. The molecule has 0 aliphatic rings. The van der Waals surface area contributed by atoms with Crippen LogP contribution in [0.3, 0.4) is 0 Å². The van der Waals surface area contributed by atoms with Gasteiger partial charge in [-0.2, -0.15) is 13.2 Å². The Morgan fingerprint density at radius 3 is 2.42 bits per heavy atom. The number of rotatable bonds is 3. The third kappa shape index (κ3) is 4.47. The molecule has 31 heavy (non-hydrogen) atoms. The summed E-state index contributed by atoms with van der Waals surface area (Å²) in [5.41, 5.74) is 1.33. The second-order valence-electron chi connectivity index (χ2n) is 6.69. The van der Waals surface area contributed by atoms with E-state index in [1.54, 1.807) is 48.5 Å². The molecule has 0 amide bonds. The first-order valence-electron chi connectivity index (χ1n) is 9.03. The van der Waals surface area contributed by atoms with E-state index in [4.69, 9.17) is 11.6 Å². The lowest BCUT2D eigenvalue weighted by atomic mass is 10.0. The van der Waals surface area contributed by atoms with Gasteiger partial charge in [0.2, 0.25) is 0 Å². The second-order valence-corrected chi connectivity index (χ2v) is 8.12. The van der Waals surface area contributed by atoms with Crippen molar-refractivity contribution in [3.05, 3.63) is 98.6 Å². The largest absolute Gasteiger partial charge is 0.416 e. The maximum atomic E-state index is 13.0. The first-order chi connectivity index (χ1) is 14.7. The zero-order chi connectivity index (χ0) is 22.2. The van der Waals surface area contributed by atoms with Crippen molar-refractivity contribution in [3.63, 3.8) is 0 Å². The predicted molar refractivity (Wildman–Crippen MR) is 118 cm³/mol. The van der Waals surface area contributed by atoms with Gasteiger partial charge in [0, 0.05) is 11.1 Å². The lowest BCUT2D eigenvalue weighted by Gasteiger charge is -2.09. The zero-order valence-electron chi connectivity index (χ0n) is 15.7. The molecule has 0 atom stereocenters. The smallest absolute Gasteiger partial charge is 0.269 e. The highest BCUT2D eigenvalue weighted by Crippen LogP contribution is 2.32. The van der Waals surface area contributed by atoms with Crippen molar-refractivity contribution in [3.8, 4) is 11.1 Å². The highest BCUT2D eigenvalue weighted by Gasteiger charge is 2.30. The summed E-state index contributed by atoms with van der Waals surface area (Å²) in [4.78, 5) is 24.5. The molecule has 4 aromatic rings. The number of nitrogens with zero attached hydrogens (tertiary/aromatic N) is 1. The molecule has 0 unspecified atom stereocenters. The quantitative estimate of drug-likeness (QED) is 0.318.